The molecule has 0 atom stereocenters. The number of unbranched alkanes of at least 4 members (excludes halogenated alkanes) is 1. The lowest BCUT2D eigenvalue weighted by molar-refractivity contribution is -0.121. The van der Waals surface area contributed by atoms with E-state index in [9.17, 15) is 13.2 Å². The van der Waals surface area contributed by atoms with Gasteiger partial charge in [-0.1, -0.05) is 49.7 Å². The van der Waals surface area contributed by atoms with E-state index >= 15 is 0 Å². The third kappa shape index (κ3) is 5.81. The lowest BCUT2D eigenvalue weighted by Gasteiger charge is -2.23. The number of carbonyl (C=O) groups excluding carboxylic acids is 1. The first kappa shape index (κ1) is 21.9. The van der Waals surface area contributed by atoms with Gasteiger partial charge in [-0.3, -0.25) is 4.79 Å². The quantitative estimate of drug-likeness (QED) is 0.618. The molecule has 1 amide bonds. The molecule has 2 aromatic carbocycles. The standard InChI is InChI=1S/C21H28N2O4S/c1-4-5-13-22-21(24)16-23(15-18-9-7-6-8-10-18)28(25,26)20-14-17(2)11-12-19(20)27-3/h6-12,14H,4-5,13,15-16H2,1-3H3,(H,22,24). The molecule has 0 spiro atoms. The van der Waals surface area contributed by atoms with Gasteiger partial charge >= 0.3 is 0 Å². The van der Waals surface area contributed by atoms with Crippen molar-refractivity contribution in [3.8, 4) is 5.75 Å². The molecular weight excluding hydrogens is 376 g/mol. The minimum atomic E-state index is -3.94. The molecule has 0 aliphatic heterocycles. The maximum absolute atomic E-state index is 13.4. The van der Waals surface area contributed by atoms with E-state index in [2.05, 4.69) is 5.32 Å². The van der Waals surface area contributed by atoms with Crippen LogP contribution in [0.3, 0.4) is 0 Å². The molecule has 0 heterocycles. The summed E-state index contributed by atoms with van der Waals surface area (Å²) < 4.78 is 33.3. The van der Waals surface area contributed by atoms with Crippen LogP contribution in [0.5, 0.6) is 5.75 Å². The average molecular weight is 405 g/mol. The van der Waals surface area contributed by atoms with Crippen LogP contribution in [0.2, 0.25) is 0 Å². The molecule has 7 heteroatoms. The van der Waals surface area contributed by atoms with Crippen LogP contribution in [-0.2, 0) is 21.4 Å². The molecule has 2 rings (SSSR count). The Morgan fingerprint density at radius 3 is 2.50 bits per heavy atom. The largest absolute Gasteiger partial charge is 0.495 e. The molecular formula is C21H28N2O4S. The van der Waals surface area contributed by atoms with Crippen LogP contribution in [-0.4, -0.2) is 38.8 Å². The zero-order valence-electron chi connectivity index (χ0n) is 16.6. The van der Waals surface area contributed by atoms with Crippen molar-refractivity contribution < 1.29 is 17.9 Å². The van der Waals surface area contributed by atoms with E-state index in [0.717, 1.165) is 24.0 Å². The van der Waals surface area contributed by atoms with Crippen LogP contribution >= 0.6 is 0 Å². The number of hydrogen-bond donors (Lipinski definition) is 1. The lowest BCUT2D eigenvalue weighted by Crippen LogP contribution is -2.40. The number of aryl methyl sites for hydroxylation is 1. The number of rotatable bonds is 10. The van der Waals surface area contributed by atoms with Crippen LogP contribution in [0.25, 0.3) is 0 Å². The van der Waals surface area contributed by atoms with Crippen molar-refractivity contribution in [3.63, 3.8) is 0 Å². The number of nitrogens with one attached hydrogen (secondary N) is 1. The average Bonchev–Trinajstić information content (AvgIpc) is 2.68. The number of nitrogens with zero attached hydrogens (tertiary/aromatic N) is 1. The number of ether oxygens (including phenoxy) is 1. The Labute approximate surface area is 167 Å². The van der Waals surface area contributed by atoms with E-state index in [0.29, 0.717) is 6.54 Å². The Morgan fingerprint density at radius 1 is 1.14 bits per heavy atom. The van der Waals surface area contributed by atoms with Crippen molar-refractivity contribution in [2.24, 2.45) is 0 Å². The molecule has 0 aliphatic carbocycles. The number of sulfonamides is 1. The minimum Gasteiger partial charge on any atom is -0.495 e. The Bertz CT molecular complexity index is 883. The van der Waals surface area contributed by atoms with Crippen molar-refractivity contribution in [2.75, 3.05) is 20.2 Å². The van der Waals surface area contributed by atoms with Gasteiger partial charge in [-0.25, -0.2) is 8.42 Å². The summed E-state index contributed by atoms with van der Waals surface area (Å²) in [7, 11) is -2.51. The van der Waals surface area contributed by atoms with Crippen LogP contribution in [0.1, 0.15) is 30.9 Å². The fourth-order valence-corrected chi connectivity index (χ4v) is 4.38. The zero-order valence-corrected chi connectivity index (χ0v) is 17.5. The molecule has 6 nitrogen and oxygen atoms in total. The molecule has 28 heavy (non-hydrogen) atoms. The van der Waals surface area contributed by atoms with E-state index in [1.165, 1.54) is 11.4 Å². The van der Waals surface area contributed by atoms with Gasteiger partial charge in [0.1, 0.15) is 10.6 Å². The predicted octanol–water partition coefficient (Wildman–Crippen LogP) is 3.11. The SMILES string of the molecule is CCCCNC(=O)CN(Cc1ccccc1)S(=O)(=O)c1cc(C)ccc1OC. The highest BCUT2D eigenvalue weighted by Crippen LogP contribution is 2.28. The maximum Gasteiger partial charge on any atom is 0.247 e. The van der Waals surface area contributed by atoms with Gasteiger partial charge in [0.15, 0.2) is 0 Å². The van der Waals surface area contributed by atoms with Crippen molar-refractivity contribution in [1.82, 2.24) is 9.62 Å². The first-order valence-electron chi connectivity index (χ1n) is 9.34. The van der Waals surface area contributed by atoms with Crippen LogP contribution in [0.15, 0.2) is 53.4 Å². The summed E-state index contributed by atoms with van der Waals surface area (Å²) in [4.78, 5) is 12.4. The highest BCUT2D eigenvalue weighted by molar-refractivity contribution is 7.89. The van der Waals surface area contributed by atoms with Crippen molar-refractivity contribution >= 4 is 15.9 Å². The second-order valence-corrected chi connectivity index (χ2v) is 8.52. The topological polar surface area (TPSA) is 75.7 Å². The van der Waals surface area contributed by atoms with Gasteiger partial charge in [0, 0.05) is 13.1 Å². The van der Waals surface area contributed by atoms with Gasteiger partial charge in [0.05, 0.1) is 13.7 Å². The molecule has 152 valence electrons. The van der Waals surface area contributed by atoms with Crippen LogP contribution in [0.4, 0.5) is 0 Å². The number of amides is 1. The summed E-state index contributed by atoms with van der Waals surface area (Å²) in [5.74, 6) is -0.0605. The molecule has 0 saturated carbocycles. The minimum absolute atomic E-state index is 0.0623. The van der Waals surface area contributed by atoms with Gasteiger partial charge < -0.3 is 10.1 Å². The van der Waals surface area contributed by atoms with Gasteiger partial charge in [-0.2, -0.15) is 4.31 Å². The van der Waals surface area contributed by atoms with E-state index in [-0.39, 0.29) is 29.6 Å². The van der Waals surface area contributed by atoms with Crippen LogP contribution < -0.4 is 10.1 Å². The third-order valence-corrected chi connectivity index (χ3v) is 6.12. The first-order chi connectivity index (χ1) is 13.4. The molecule has 0 aliphatic rings. The highest BCUT2D eigenvalue weighted by atomic mass is 32.2. The number of carbonyl (C=O) groups is 1. The third-order valence-electron chi connectivity index (χ3n) is 4.31. The fraction of sp³-hybridized carbons (Fsp3) is 0.381. The van der Waals surface area contributed by atoms with Crippen molar-refractivity contribution in [2.45, 2.75) is 38.1 Å². The summed E-state index contributed by atoms with van der Waals surface area (Å²) in [5, 5.41) is 2.79. The number of methoxy groups -OCH3 is 1. The monoisotopic (exact) mass is 404 g/mol. The number of benzene rings is 2. The Kier molecular flexibility index (Phi) is 8.02. The van der Waals surface area contributed by atoms with Crippen molar-refractivity contribution in [3.05, 3.63) is 59.7 Å². The lowest BCUT2D eigenvalue weighted by atomic mass is 10.2. The summed E-state index contributed by atoms with van der Waals surface area (Å²) in [6.45, 7) is 4.22. The second kappa shape index (κ2) is 10.2. The van der Waals surface area contributed by atoms with E-state index < -0.39 is 10.0 Å². The van der Waals surface area contributed by atoms with Crippen molar-refractivity contribution in [1.29, 1.82) is 0 Å². The highest BCUT2D eigenvalue weighted by Gasteiger charge is 2.29. The van der Waals surface area contributed by atoms with Gasteiger partial charge in [0.2, 0.25) is 15.9 Å². The molecule has 0 bridgehead atoms. The second-order valence-electron chi connectivity index (χ2n) is 6.62. The molecule has 2 aromatic rings. The maximum atomic E-state index is 13.4. The Hall–Kier alpha value is -2.38. The van der Waals surface area contributed by atoms with Gasteiger partial charge in [-0.05, 0) is 36.6 Å². The van der Waals surface area contributed by atoms with Gasteiger partial charge in [-0.15, -0.1) is 0 Å². The molecule has 0 unspecified atom stereocenters. The zero-order chi connectivity index (χ0) is 20.6. The summed E-state index contributed by atoms with van der Waals surface area (Å²) in [5.41, 5.74) is 1.60. The Morgan fingerprint density at radius 2 is 1.86 bits per heavy atom. The molecule has 0 saturated heterocycles. The normalized spacial score (nSPS) is 11.4. The predicted molar refractivity (Wildman–Crippen MR) is 110 cm³/mol. The Balaban J connectivity index is 2.36. The summed E-state index contributed by atoms with van der Waals surface area (Å²) in [6, 6.07) is 14.2. The molecule has 1 N–H and O–H groups in total. The van der Waals surface area contributed by atoms with Gasteiger partial charge in [0.25, 0.3) is 0 Å². The van der Waals surface area contributed by atoms with E-state index in [1.807, 2.05) is 44.2 Å². The smallest absolute Gasteiger partial charge is 0.247 e. The molecule has 0 fully saturated rings. The van der Waals surface area contributed by atoms with E-state index in [1.54, 1.807) is 18.2 Å². The van der Waals surface area contributed by atoms with Crippen LogP contribution in [0, 0.1) is 6.92 Å². The summed E-state index contributed by atoms with van der Waals surface area (Å²) in [6.07, 6.45) is 1.80. The first-order valence-corrected chi connectivity index (χ1v) is 10.8. The fourth-order valence-electron chi connectivity index (χ4n) is 2.76. The molecule has 0 aromatic heterocycles. The molecule has 0 radical (unpaired) electrons. The summed E-state index contributed by atoms with van der Waals surface area (Å²) >= 11 is 0. The number of hydrogen-bond acceptors (Lipinski definition) is 4. The van der Waals surface area contributed by atoms with E-state index in [4.69, 9.17) is 4.74 Å².